The maximum absolute atomic E-state index is 13.8. The van der Waals surface area contributed by atoms with E-state index in [-0.39, 0.29) is 11.3 Å². The van der Waals surface area contributed by atoms with Gasteiger partial charge in [-0.15, -0.1) is 0 Å². The van der Waals surface area contributed by atoms with Crippen molar-refractivity contribution in [3.63, 3.8) is 0 Å². The Balaban J connectivity index is 2.33. The van der Waals surface area contributed by atoms with Crippen LogP contribution in [0.25, 0.3) is 0 Å². The topological polar surface area (TPSA) is 17.1 Å². The monoisotopic (exact) mass is 256 g/mol. The van der Waals surface area contributed by atoms with Crippen LogP contribution in [0.2, 0.25) is 0 Å². The van der Waals surface area contributed by atoms with Crippen molar-refractivity contribution in [3.8, 4) is 0 Å². The molecule has 0 aromatic heterocycles. The summed E-state index contributed by atoms with van der Waals surface area (Å²) >= 11 is 0. The molecule has 0 spiro atoms. The summed E-state index contributed by atoms with van der Waals surface area (Å²) in [5.74, 6) is -0.314. The highest BCUT2D eigenvalue weighted by molar-refractivity contribution is 6.09. The fraction of sp³-hybridized carbons (Fsp3) is 0.235. The summed E-state index contributed by atoms with van der Waals surface area (Å²) in [5.41, 5.74) is 2.63. The molecule has 0 fully saturated rings. The molecule has 98 valence electrons. The Hall–Kier alpha value is -1.96. The first-order valence-electron chi connectivity index (χ1n) is 6.40. The SMILES string of the molecule is Cc1ccc(C(=O)c2ccc(C(C)C)cc2)c(F)c1. The van der Waals surface area contributed by atoms with E-state index in [1.807, 2.05) is 12.1 Å². The molecule has 0 radical (unpaired) electrons. The first-order valence-corrected chi connectivity index (χ1v) is 6.40. The van der Waals surface area contributed by atoms with E-state index >= 15 is 0 Å². The van der Waals surface area contributed by atoms with E-state index in [0.29, 0.717) is 11.5 Å². The molecule has 0 bridgehead atoms. The molecule has 0 atom stereocenters. The number of carbonyl (C=O) groups is 1. The third kappa shape index (κ3) is 2.90. The Labute approximate surface area is 113 Å². The predicted octanol–water partition coefficient (Wildman–Crippen LogP) is 4.49. The van der Waals surface area contributed by atoms with Crippen LogP contribution in [0.1, 0.15) is 46.8 Å². The Morgan fingerprint density at radius 1 is 1.05 bits per heavy atom. The predicted molar refractivity (Wildman–Crippen MR) is 75.1 cm³/mol. The minimum atomic E-state index is -0.460. The number of benzene rings is 2. The molecule has 19 heavy (non-hydrogen) atoms. The normalized spacial score (nSPS) is 10.8. The summed E-state index contributed by atoms with van der Waals surface area (Å²) in [4.78, 5) is 12.2. The van der Waals surface area contributed by atoms with Gasteiger partial charge in [-0.2, -0.15) is 0 Å². The third-order valence-electron chi connectivity index (χ3n) is 3.21. The standard InChI is InChI=1S/C17H17FO/c1-11(2)13-5-7-14(8-6-13)17(19)15-9-4-12(3)10-16(15)18/h4-11H,1-3H3. The number of carbonyl (C=O) groups excluding carboxylic acids is 1. The van der Waals surface area contributed by atoms with Crippen molar-refractivity contribution in [2.75, 3.05) is 0 Å². The highest BCUT2D eigenvalue weighted by Gasteiger charge is 2.14. The van der Waals surface area contributed by atoms with Gasteiger partial charge < -0.3 is 0 Å². The largest absolute Gasteiger partial charge is 0.288 e. The van der Waals surface area contributed by atoms with Gasteiger partial charge in [-0.25, -0.2) is 4.39 Å². The molecule has 0 aliphatic heterocycles. The van der Waals surface area contributed by atoms with Crippen molar-refractivity contribution >= 4 is 5.78 Å². The van der Waals surface area contributed by atoms with Crippen molar-refractivity contribution in [1.82, 2.24) is 0 Å². The molecule has 2 heteroatoms. The molecule has 0 amide bonds. The number of halogens is 1. The summed E-state index contributed by atoms with van der Waals surface area (Å²) in [6, 6.07) is 12.0. The van der Waals surface area contributed by atoms with Crippen molar-refractivity contribution in [2.45, 2.75) is 26.7 Å². The Morgan fingerprint density at radius 2 is 1.68 bits per heavy atom. The average molecular weight is 256 g/mol. The zero-order valence-electron chi connectivity index (χ0n) is 11.4. The first kappa shape index (κ1) is 13.5. The molecule has 0 saturated carbocycles. The van der Waals surface area contributed by atoms with Gasteiger partial charge in [0.1, 0.15) is 5.82 Å². The fourth-order valence-corrected chi connectivity index (χ4v) is 1.98. The maximum Gasteiger partial charge on any atom is 0.195 e. The van der Waals surface area contributed by atoms with E-state index in [1.54, 1.807) is 31.2 Å². The molecule has 2 aromatic rings. The number of ketones is 1. The van der Waals surface area contributed by atoms with Gasteiger partial charge in [-0.05, 0) is 36.1 Å². The molecule has 2 aromatic carbocycles. The molecule has 0 saturated heterocycles. The lowest BCUT2D eigenvalue weighted by atomic mass is 9.97. The van der Waals surface area contributed by atoms with Crippen LogP contribution in [0.5, 0.6) is 0 Å². The number of aryl methyl sites for hydroxylation is 1. The van der Waals surface area contributed by atoms with E-state index in [1.165, 1.54) is 11.6 Å². The van der Waals surface area contributed by atoms with Crippen LogP contribution in [0.15, 0.2) is 42.5 Å². The van der Waals surface area contributed by atoms with Crippen LogP contribution in [0.4, 0.5) is 4.39 Å². The minimum absolute atomic E-state index is 0.128. The Kier molecular flexibility index (Phi) is 3.79. The molecule has 0 aliphatic carbocycles. The zero-order chi connectivity index (χ0) is 14.0. The molecule has 0 N–H and O–H groups in total. The summed E-state index contributed by atoms with van der Waals surface area (Å²) in [6.07, 6.45) is 0. The number of hydrogen-bond donors (Lipinski definition) is 0. The van der Waals surface area contributed by atoms with Crippen molar-refractivity contribution in [1.29, 1.82) is 0 Å². The second-order valence-electron chi connectivity index (χ2n) is 5.09. The molecule has 0 aliphatic rings. The van der Waals surface area contributed by atoms with Crippen LogP contribution in [0.3, 0.4) is 0 Å². The van der Waals surface area contributed by atoms with Crippen LogP contribution in [-0.4, -0.2) is 5.78 Å². The highest BCUT2D eigenvalue weighted by Crippen LogP contribution is 2.18. The fourth-order valence-electron chi connectivity index (χ4n) is 1.98. The van der Waals surface area contributed by atoms with Gasteiger partial charge in [0.25, 0.3) is 0 Å². The lowest BCUT2D eigenvalue weighted by Crippen LogP contribution is -2.04. The van der Waals surface area contributed by atoms with Gasteiger partial charge in [-0.3, -0.25) is 4.79 Å². The van der Waals surface area contributed by atoms with E-state index in [0.717, 1.165) is 5.56 Å². The van der Waals surface area contributed by atoms with Crippen molar-refractivity contribution < 1.29 is 9.18 Å². The second kappa shape index (κ2) is 5.35. The molecular weight excluding hydrogens is 239 g/mol. The van der Waals surface area contributed by atoms with Gasteiger partial charge in [-0.1, -0.05) is 44.2 Å². The smallest absolute Gasteiger partial charge is 0.195 e. The van der Waals surface area contributed by atoms with Gasteiger partial charge in [0, 0.05) is 5.56 Å². The van der Waals surface area contributed by atoms with Crippen molar-refractivity contribution in [2.24, 2.45) is 0 Å². The molecule has 1 nitrogen and oxygen atoms in total. The molecular formula is C17H17FO. The van der Waals surface area contributed by atoms with E-state index in [9.17, 15) is 9.18 Å². The maximum atomic E-state index is 13.8. The van der Waals surface area contributed by atoms with Crippen molar-refractivity contribution in [3.05, 3.63) is 70.5 Å². The van der Waals surface area contributed by atoms with Crippen LogP contribution in [-0.2, 0) is 0 Å². The van der Waals surface area contributed by atoms with Gasteiger partial charge in [0.15, 0.2) is 5.78 Å². The summed E-state index contributed by atoms with van der Waals surface area (Å²) in [7, 11) is 0. The minimum Gasteiger partial charge on any atom is -0.288 e. The zero-order valence-corrected chi connectivity index (χ0v) is 11.4. The van der Waals surface area contributed by atoms with Crippen LogP contribution < -0.4 is 0 Å². The van der Waals surface area contributed by atoms with E-state index in [4.69, 9.17) is 0 Å². The summed E-state index contributed by atoms with van der Waals surface area (Å²) in [6.45, 7) is 5.99. The lowest BCUT2D eigenvalue weighted by molar-refractivity contribution is 0.103. The average Bonchev–Trinajstić information content (AvgIpc) is 2.38. The van der Waals surface area contributed by atoms with E-state index < -0.39 is 5.82 Å². The number of hydrogen-bond acceptors (Lipinski definition) is 1. The van der Waals surface area contributed by atoms with Gasteiger partial charge in [0.05, 0.1) is 5.56 Å². The molecule has 2 rings (SSSR count). The molecule has 0 unspecified atom stereocenters. The highest BCUT2D eigenvalue weighted by atomic mass is 19.1. The second-order valence-corrected chi connectivity index (χ2v) is 5.09. The van der Waals surface area contributed by atoms with Gasteiger partial charge >= 0.3 is 0 Å². The first-order chi connectivity index (χ1) is 8.99. The quantitative estimate of drug-likeness (QED) is 0.739. The van der Waals surface area contributed by atoms with Crippen LogP contribution >= 0.6 is 0 Å². The molecule has 0 heterocycles. The Morgan fingerprint density at radius 3 is 2.21 bits per heavy atom. The van der Waals surface area contributed by atoms with E-state index in [2.05, 4.69) is 13.8 Å². The summed E-state index contributed by atoms with van der Waals surface area (Å²) in [5, 5.41) is 0. The lowest BCUT2D eigenvalue weighted by Gasteiger charge is -2.07. The number of rotatable bonds is 3. The summed E-state index contributed by atoms with van der Waals surface area (Å²) < 4.78 is 13.8. The Bertz CT molecular complexity index is 597. The van der Waals surface area contributed by atoms with Gasteiger partial charge in [0.2, 0.25) is 0 Å². The third-order valence-corrected chi connectivity index (χ3v) is 3.21. The van der Waals surface area contributed by atoms with Crippen LogP contribution in [0, 0.1) is 12.7 Å².